The zero-order chi connectivity index (χ0) is 21.9. The predicted molar refractivity (Wildman–Crippen MR) is 131 cm³/mol. The second-order valence-corrected chi connectivity index (χ2v) is 8.82. The number of aromatic nitrogens is 2. The Hall–Kier alpha value is -3.45. The average molecular weight is 444 g/mol. The van der Waals surface area contributed by atoms with Crippen molar-refractivity contribution < 1.29 is 4.79 Å². The molecule has 5 rings (SSSR count). The van der Waals surface area contributed by atoms with Crippen molar-refractivity contribution in [3.63, 3.8) is 0 Å². The Morgan fingerprint density at radius 3 is 2.53 bits per heavy atom. The largest absolute Gasteiger partial charge is 0.343 e. The van der Waals surface area contributed by atoms with Crippen molar-refractivity contribution >= 4 is 39.2 Å². The van der Waals surface area contributed by atoms with Gasteiger partial charge in [0.2, 0.25) is 5.13 Å². The van der Waals surface area contributed by atoms with Crippen molar-refractivity contribution in [3.05, 3.63) is 83.7 Å². The molecule has 2 amide bonds. The van der Waals surface area contributed by atoms with Crippen LogP contribution in [0.15, 0.2) is 66.7 Å². The lowest BCUT2D eigenvalue weighted by atomic mass is 10.1. The van der Waals surface area contributed by atoms with Gasteiger partial charge in [0.25, 0.3) is 0 Å². The normalized spacial score (nSPS) is 14.0. The first-order valence-electron chi connectivity index (χ1n) is 10.8. The van der Waals surface area contributed by atoms with Crippen LogP contribution in [0.5, 0.6) is 0 Å². The Morgan fingerprint density at radius 2 is 1.72 bits per heavy atom. The van der Waals surface area contributed by atoms with Crippen molar-refractivity contribution in [2.24, 2.45) is 0 Å². The fourth-order valence-electron chi connectivity index (χ4n) is 3.96. The second kappa shape index (κ2) is 8.96. The van der Waals surface area contributed by atoms with Gasteiger partial charge in [-0.2, -0.15) is 4.37 Å². The molecule has 1 aromatic heterocycles. The molecule has 3 aromatic carbocycles. The van der Waals surface area contributed by atoms with Gasteiger partial charge in [0.05, 0.1) is 5.69 Å². The van der Waals surface area contributed by atoms with Gasteiger partial charge in [-0.25, -0.2) is 9.78 Å². The molecule has 0 bridgehead atoms. The van der Waals surface area contributed by atoms with Gasteiger partial charge in [-0.3, -0.25) is 0 Å². The van der Waals surface area contributed by atoms with E-state index in [9.17, 15) is 4.79 Å². The fourth-order valence-corrected chi connectivity index (χ4v) is 4.70. The van der Waals surface area contributed by atoms with E-state index in [1.807, 2.05) is 35.2 Å². The minimum absolute atomic E-state index is 0.0571. The van der Waals surface area contributed by atoms with Crippen LogP contribution in [-0.4, -0.2) is 46.5 Å². The Morgan fingerprint density at radius 1 is 0.969 bits per heavy atom. The molecule has 7 heteroatoms. The number of carbonyl (C=O) groups excluding carboxylic acids is 1. The molecular weight excluding hydrogens is 418 g/mol. The lowest BCUT2D eigenvalue weighted by Crippen LogP contribution is -2.50. The highest BCUT2D eigenvalue weighted by atomic mass is 32.1. The van der Waals surface area contributed by atoms with Gasteiger partial charge in [-0.15, -0.1) is 0 Å². The number of amides is 2. The van der Waals surface area contributed by atoms with Gasteiger partial charge in [-0.1, -0.05) is 66.2 Å². The third-order valence-corrected chi connectivity index (χ3v) is 6.62. The van der Waals surface area contributed by atoms with Crippen LogP contribution in [0.1, 0.15) is 17.0 Å². The summed E-state index contributed by atoms with van der Waals surface area (Å²) in [5.74, 6) is 0.852. The number of aryl methyl sites for hydroxylation is 1. The molecule has 32 heavy (non-hydrogen) atoms. The van der Waals surface area contributed by atoms with E-state index in [4.69, 9.17) is 4.98 Å². The predicted octanol–water partition coefficient (Wildman–Crippen LogP) is 4.94. The molecular formula is C25H25N5OS. The highest BCUT2D eigenvalue weighted by Gasteiger charge is 2.23. The number of urea groups is 1. The molecule has 1 fully saturated rings. The number of hydrogen-bond donors (Lipinski definition) is 1. The van der Waals surface area contributed by atoms with E-state index in [2.05, 4.69) is 57.9 Å². The third kappa shape index (κ3) is 4.43. The van der Waals surface area contributed by atoms with Crippen LogP contribution < -0.4 is 10.2 Å². The van der Waals surface area contributed by atoms with E-state index >= 15 is 0 Å². The van der Waals surface area contributed by atoms with E-state index in [1.54, 1.807) is 0 Å². The summed E-state index contributed by atoms with van der Waals surface area (Å²) in [7, 11) is 0. The van der Waals surface area contributed by atoms with Crippen LogP contribution in [0.2, 0.25) is 0 Å². The summed E-state index contributed by atoms with van der Waals surface area (Å²) in [6.07, 6.45) is 0.740. The summed E-state index contributed by atoms with van der Waals surface area (Å²) in [5, 5.41) is 6.19. The highest BCUT2D eigenvalue weighted by molar-refractivity contribution is 7.09. The Bertz CT molecular complexity index is 1220. The highest BCUT2D eigenvalue weighted by Crippen LogP contribution is 2.24. The minimum atomic E-state index is -0.0571. The summed E-state index contributed by atoms with van der Waals surface area (Å²) in [6, 6.07) is 22.5. The molecule has 0 atom stereocenters. The third-order valence-electron chi connectivity index (χ3n) is 5.81. The summed E-state index contributed by atoms with van der Waals surface area (Å²) in [5.41, 5.74) is 3.32. The van der Waals surface area contributed by atoms with Crippen molar-refractivity contribution in [2.45, 2.75) is 13.3 Å². The maximum absolute atomic E-state index is 12.9. The number of piperazine rings is 1. The number of hydrogen-bond acceptors (Lipinski definition) is 5. The van der Waals surface area contributed by atoms with Crippen LogP contribution in [-0.2, 0) is 6.42 Å². The first-order valence-corrected chi connectivity index (χ1v) is 11.6. The number of carbonyl (C=O) groups is 1. The van der Waals surface area contributed by atoms with E-state index < -0.39 is 0 Å². The standard InChI is InChI=1S/C25H25N5OS/c1-18-9-11-19(12-10-18)17-23-27-25(32-28-23)30-15-13-29(14-16-30)24(31)26-22-8-4-6-20-5-2-3-7-21(20)22/h2-12H,13-17H2,1H3,(H,26,31). The van der Waals surface area contributed by atoms with Crippen LogP contribution in [0, 0.1) is 6.92 Å². The Kier molecular flexibility index (Phi) is 5.73. The van der Waals surface area contributed by atoms with Crippen LogP contribution in [0.25, 0.3) is 10.8 Å². The maximum Gasteiger partial charge on any atom is 0.321 e. The van der Waals surface area contributed by atoms with Crippen LogP contribution in [0.4, 0.5) is 15.6 Å². The summed E-state index contributed by atoms with van der Waals surface area (Å²) >= 11 is 1.44. The molecule has 6 nitrogen and oxygen atoms in total. The SMILES string of the molecule is Cc1ccc(Cc2nsc(N3CCN(C(=O)Nc4cccc5ccccc45)CC3)n2)cc1. The zero-order valence-corrected chi connectivity index (χ0v) is 18.8. The Labute approximate surface area is 191 Å². The molecule has 0 aliphatic carbocycles. The molecule has 1 N–H and O–H groups in total. The molecule has 2 heterocycles. The quantitative estimate of drug-likeness (QED) is 0.485. The lowest BCUT2D eigenvalue weighted by Gasteiger charge is -2.34. The zero-order valence-electron chi connectivity index (χ0n) is 18.0. The van der Waals surface area contributed by atoms with E-state index in [0.717, 1.165) is 46.9 Å². The molecule has 0 saturated carbocycles. The molecule has 0 unspecified atom stereocenters. The summed E-state index contributed by atoms with van der Waals surface area (Å²) in [4.78, 5) is 21.7. The van der Waals surface area contributed by atoms with E-state index in [0.29, 0.717) is 13.1 Å². The van der Waals surface area contributed by atoms with Gasteiger partial charge < -0.3 is 15.1 Å². The van der Waals surface area contributed by atoms with Crippen LogP contribution in [0.3, 0.4) is 0 Å². The number of benzene rings is 3. The number of nitrogens with zero attached hydrogens (tertiary/aromatic N) is 4. The number of anilines is 2. The number of rotatable bonds is 4. The number of fused-ring (bicyclic) bond motifs is 1. The van der Waals surface area contributed by atoms with Crippen molar-refractivity contribution in [2.75, 3.05) is 36.4 Å². The van der Waals surface area contributed by atoms with Gasteiger partial charge in [0, 0.05) is 49.5 Å². The maximum atomic E-state index is 12.9. The fraction of sp³-hybridized carbons (Fsp3) is 0.240. The summed E-state index contributed by atoms with van der Waals surface area (Å²) < 4.78 is 4.54. The van der Waals surface area contributed by atoms with Crippen molar-refractivity contribution in [3.8, 4) is 0 Å². The Balaban J connectivity index is 1.18. The molecule has 1 saturated heterocycles. The van der Waals surface area contributed by atoms with E-state index in [-0.39, 0.29) is 6.03 Å². The molecule has 4 aromatic rings. The van der Waals surface area contributed by atoms with Gasteiger partial charge in [0.1, 0.15) is 5.82 Å². The molecule has 1 aliphatic rings. The molecule has 1 aliphatic heterocycles. The molecule has 0 radical (unpaired) electrons. The molecule has 0 spiro atoms. The smallest absolute Gasteiger partial charge is 0.321 e. The van der Waals surface area contributed by atoms with Gasteiger partial charge >= 0.3 is 6.03 Å². The summed E-state index contributed by atoms with van der Waals surface area (Å²) in [6.45, 7) is 4.90. The van der Waals surface area contributed by atoms with Gasteiger partial charge in [0.15, 0.2) is 0 Å². The second-order valence-electron chi connectivity index (χ2n) is 8.09. The van der Waals surface area contributed by atoms with E-state index in [1.165, 1.54) is 22.7 Å². The monoisotopic (exact) mass is 443 g/mol. The number of nitrogens with one attached hydrogen (secondary N) is 1. The first-order chi connectivity index (χ1) is 15.7. The van der Waals surface area contributed by atoms with Crippen molar-refractivity contribution in [1.29, 1.82) is 0 Å². The first kappa shape index (κ1) is 20.5. The topological polar surface area (TPSA) is 61.4 Å². The lowest BCUT2D eigenvalue weighted by molar-refractivity contribution is 0.208. The van der Waals surface area contributed by atoms with Crippen LogP contribution >= 0.6 is 11.5 Å². The van der Waals surface area contributed by atoms with Crippen molar-refractivity contribution in [1.82, 2.24) is 14.3 Å². The minimum Gasteiger partial charge on any atom is -0.343 e. The average Bonchev–Trinajstić information content (AvgIpc) is 3.29. The van der Waals surface area contributed by atoms with Gasteiger partial charge in [-0.05, 0) is 23.9 Å². The molecule has 162 valence electrons.